The number of rotatable bonds is 6. The number of anilines is 1. The van der Waals surface area contributed by atoms with Gasteiger partial charge in [-0.3, -0.25) is 15.1 Å². The molecule has 5 nitrogen and oxygen atoms in total. The zero-order valence-corrected chi connectivity index (χ0v) is 9.29. The normalized spacial score (nSPS) is 9.93. The Labute approximate surface area is 92.4 Å². The van der Waals surface area contributed by atoms with Crippen molar-refractivity contribution in [1.29, 1.82) is 0 Å². The summed E-state index contributed by atoms with van der Waals surface area (Å²) in [5.41, 5.74) is 0.567. The molecule has 1 N–H and O–H groups in total. The molecular formula is C9H13N3O2S. The lowest BCUT2D eigenvalue weighted by molar-refractivity contribution is -0.384. The summed E-state index contributed by atoms with van der Waals surface area (Å²) in [6.45, 7) is 0.742. The van der Waals surface area contributed by atoms with E-state index in [1.165, 1.54) is 6.20 Å². The van der Waals surface area contributed by atoms with Crippen molar-refractivity contribution in [2.45, 2.75) is 6.42 Å². The second-order valence-corrected chi connectivity index (χ2v) is 3.91. The highest BCUT2D eigenvalue weighted by Crippen LogP contribution is 2.21. The predicted molar refractivity (Wildman–Crippen MR) is 62.4 cm³/mol. The van der Waals surface area contributed by atoms with Crippen molar-refractivity contribution in [3.05, 3.63) is 28.6 Å². The molecule has 0 saturated heterocycles. The summed E-state index contributed by atoms with van der Waals surface area (Å²) in [7, 11) is 0. The van der Waals surface area contributed by atoms with Crippen LogP contribution in [0.3, 0.4) is 0 Å². The Morgan fingerprint density at radius 3 is 3.13 bits per heavy atom. The van der Waals surface area contributed by atoms with E-state index >= 15 is 0 Å². The van der Waals surface area contributed by atoms with Crippen LogP contribution in [0.15, 0.2) is 18.5 Å². The van der Waals surface area contributed by atoms with Gasteiger partial charge in [-0.1, -0.05) is 0 Å². The molecule has 0 aromatic carbocycles. The largest absolute Gasteiger partial charge is 0.379 e. The Hall–Kier alpha value is -1.30. The van der Waals surface area contributed by atoms with Gasteiger partial charge in [0.1, 0.15) is 11.9 Å². The molecule has 0 radical (unpaired) electrons. The quantitative estimate of drug-likeness (QED) is 0.458. The summed E-state index contributed by atoms with van der Waals surface area (Å²) in [6.07, 6.45) is 5.83. The highest BCUT2D eigenvalue weighted by Gasteiger charge is 2.11. The van der Waals surface area contributed by atoms with E-state index in [1.807, 2.05) is 6.26 Å². The molecule has 0 spiro atoms. The van der Waals surface area contributed by atoms with Crippen LogP contribution in [-0.4, -0.2) is 28.5 Å². The molecule has 0 aliphatic heterocycles. The van der Waals surface area contributed by atoms with Gasteiger partial charge in [0.2, 0.25) is 0 Å². The minimum absolute atomic E-state index is 0.0293. The Morgan fingerprint density at radius 1 is 1.67 bits per heavy atom. The van der Waals surface area contributed by atoms with Crippen LogP contribution in [0.1, 0.15) is 6.42 Å². The number of nitro groups is 1. The molecule has 0 fully saturated rings. The minimum Gasteiger partial charge on any atom is -0.379 e. The average Bonchev–Trinajstić information content (AvgIpc) is 2.25. The van der Waals surface area contributed by atoms with E-state index in [1.54, 1.807) is 24.0 Å². The summed E-state index contributed by atoms with van der Waals surface area (Å²) in [5.74, 6) is 1.05. The molecular weight excluding hydrogens is 214 g/mol. The van der Waals surface area contributed by atoms with E-state index in [4.69, 9.17) is 0 Å². The third-order valence-corrected chi connectivity index (χ3v) is 2.53. The third-order valence-electron chi connectivity index (χ3n) is 1.84. The van der Waals surface area contributed by atoms with Crippen molar-refractivity contribution in [3.63, 3.8) is 0 Å². The SMILES string of the molecule is CSCCCNc1ccncc1[N+](=O)[O-]. The van der Waals surface area contributed by atoms with Crippen molar-refractivity contribution in [2.75, 3.05) is 23.9 Å². The maximum absolute atomic E-state index is 10.6. The second-order valence-electron chi connectivity index (χ2n) is 2.92. The van der Waals surface area contributed by atoms with Crippen molar-refractivity contribution >= 4 is 23.1 Å². The number of nitrogens with zero attached hydrogens (tertiary/aromatic N) is 2. The lowest BCUT2D eigenvalue weighted by Crippen LogP contribution is -2.05. The Balaban J connectivity index is 2.56. The van der Waals surface area contributed by atoms with Crippen LogP contribution in [0.5, 0.6) is 0 Å². The minimum atomic E-state index is -0.427. The van der Waals surface area contributed by atoms with E-state index in [-0.39, 0.29) is 5.69 Å². The van der Waals surface area contributed by atoms with Crippen LogP contribution >= 0.6 is 11.8 Å². The third kappa shape index (κ3) is 3.75. The molecule has 15 heavy (non-hydrogen) atoms. The zero-order chi connectivity index (χ0) is 11.1. The number of hydrogen-bond donors (Lipinski definition) is 1. The fraction of sp³-hybridized carbons (Fsp3) is 0.444. The monoisotopic (exact) mass is 227 g/mol. The lowest BCUT2D eigenvalue weighted by atomic mass is 10.3. The van der Waals surface area contributed by atoms with Crippen molar-refractivity contribution in [2.24, 2.45) is 0 Å². The zero-order valence-electron chi connectivity index (χ0n) is 8.47. The Morgan fingerprint density at radius 2 is 2.47 bits per heavy atom. The summed E-state index contributed by atoms with van der Waals surface area (Å²) >= 11 is 1.76. The van der Waals surface area contributed by atoms with Gasteiger partial charge in [-0.2, -0.15) is 11.8 Å². The molecule has 0 amide bonds. The number of pyridine rings is 1. The first-order chi connectivity index (χ1) is 7.25. The van der Waals surface area contributed by atoms with Gasteiger partial charge < -0.3 is 5.32 Å². The fourth-order valence-electron chi connectivity index (χ4n) is 1.12. The van der Waals surface area contributed by atoms with Crippen LogP contribution in [0.25, 0.3) is 0 Å². The topological polar surface area (TPSA) is 68.1 Å². The molecule has 0 aliphatic carbocycles. The molecule has 1 aromatic heterocycles. The molecule has 6 heteroatoms. The summed E-state index contributed by atoms with van der Waals surface area (Å²) in [6, 6.07) is 1.62. The van der Waals surface area contributed by atoms with Crippen molar-refractivity contribution in [3.8, 4) is 0 Å². The molecule has 82 valence electrons. The number of aromatic nitrogens is 1. The van der Waals surface area contributed by atoms with E-state index in [0.717, 1.165) is 18.7 Å². The number of hydrogen-bond acceptors (Lipinski definition) is 5. The predicted octanol–water partition coefficient (Wildman–Crippen LogP) is 2.15. The van der Waals surface area contributed by atoms with Gasteiger partial charge in [0.25, 0.3) is 0 Å². The van der Waals surface area contributed by atoms with Gasteiger partial charge >= 0.3 is 5.69 Å². The summed E-state index contributed by atoms with van der Waals surface area (Å²) < 4.78 is 0. The van der Waals surface area contributed by atoms with Gasteiger partial charge in [0.15, 0.2) is 0 Å². The van der Waals surface area contributed by atoms with Crippen molar-refractivity contribution in [1.82, 2.24) is 4.98 Å². The standard InChI is InChI=1S/C9H13N3O2S/c1-15-6-2-4-11-8-3-5-10-7-9(8)12(13)14/h3,5,7H,2,4,6H2,1H3,(H,10,11). The first kappa shape index (κ1) is 11.8. The van der Waals surface area contributed by atoms with Gasteiger partial charge in [-0.25, -0.2) is 0 Å². The van der Waals surface area contributed by atoms with E-state index in [9.17, 15) is 10.1 Å². The van der Waals surface area contributed by atoms with E-state index in [2.05, 4.69) is 10.3 Å². The molecule has 1 heterocycles. The second kappa shape index (κ2) is 6.23. The summed E-state index contributed by atoms with van der Waals surface area (Å²) in [4.78, 5) is 13.9. The van der Waals surface area contributed by atoms with Crippen LogP contribution in [0.4, 0.5) is 11.4 Å². The smallest absolute Gasteiger partial charge is 0.310 e. The Bertz CT molecular complexity index is 333. The first-order valence-corrected chi connectivity index (χ1v) is 5.96. The fourth-order valence-corrected chi connectivity index (χ4v) is 1.55. The maximum atomic E-state index is 10.6. The highest BCUT2D eigenvalue weighted by molar-refractivity contribution is 7.98. The van der Waals surface area contributed by atoms with Crippen LogP contribution in [0, 0.1) is 10.1 Å². The van der Waals surface area contributed by atoms with Gasteiger partial charge in [-0.05, 0) is 24.5 Å². The summed E-state index contributed by atoms with van der Waals surface area (Å²) in [5, 5.41) is 13.7. The van der Waals surface area contributed by atoms with Gasteiger partial charge in [-0.15, -0.1) is 0 Å². The highest BCUT2D eigenvalue weighted by atomic mass is 32.2. The van der Waals surface area contributed by atoms with Gasteiger partial charge in [0.05, 0.1) is 4.92 Å². The maximum Gasteiger partial charge on any atom is 0.310 e. The molecule has 1 aromatic rings. The van der Waals surface area contributed by atoms with Crippen LogP contribution in [-0.2, 0) is 0 Å². The lowest BCUT2D eigenvalue weighted by Gasteiger charge is -2.05. The molecule has 0 unspecified atom stereocenters. The molecule has 1 rings (SSSR count). The van der Waals surface area contributed by atoms with Crippen molar-refractivity contribution < 1.29 is 4.92 Å². The average molecular weight is 227 g/mol. The number of nitrogens with one attached hydrogen (secondary N) is 1. The molecule has 0 bridgehead atoms. The molecule has 0 atom stereocenters. The van der Waals surface area contributed by atoms with E-state index < -0.39 is 4.92 Å². The van der Waals surface area contributed by atoms with Gasteiger partial charge in [0, 0.05) is 12.7 Å². The van der Waals surface area contributed by atoms with E-state index in [0.29, 0.717) is 5.69 Å². The van der Waals surface area contributed by atoms with Crippen LogP contribution < -0.4 is 5.32 Å². The number of thioether (sulfide) groups is 1. The Kier molecular flexibility index (Phi) is 4.89. The molecule has 0 aliphatic rings. The molecule has 0 saturated carbocycles. The van der Waals surface area contributed by atoms with Crippen LogP contribution in [0.2, 0.25) is 0 Å². The first-order valence-electron chi connectivity index (χ1n) is 4.57.